The molecule has 2 saturated carbocycles. The minimum atomic E-state index is 0.421. The highest BCUT2D eigenvalue weighted by atomic mass is 16.2. The third-order valence-electron chi connectivity index (χ3n) is 4.83. The van der Waals surface area contributed by atoms with Crippen LogP contribution in [0.25, 0.3) is 0 Å². The minimum Gasteiger partial charge on any atom is -0.341 e. The van der Waals surface area contributed by atoms with Crippen LogP contribution in [0.1, 0.15) is 32.1 Å². The van der Waals surface area contributed by atoms with Crippen LogP contribution < -0.4 is 5.32 Å². The number of likely N-dealkylation sites (N-methyl/N-ethyl adjacent to an activating group) is 1. The van der Waals surface area contributed by atoms with Crippen LogP contribution >= 0.6 is 0 Å². The first kappa shape index (κ1) is 10.6. The molecule has 3 aliphatic rings. The van der Waals surface area contributed by atoms with Crippen LogP contribution in [-0.2, 0) is 4.79 Å². The van der Waals surface area contributed by atoms with E-state index in [1.54, 1.807) is 0 Å². The zero-order chi connectivity index (χ0) is 11.1. The fourth-order valence-corrected chi connectivity index (χ4v) is 3.81. The van der Waals surface area contributed by atoms with E-state index in [9.17, 15) is 4.79 Å². The van der Waals surface area contributed by atoms with Crippen LogP contribution in [0.5, 0.6) is 0 Å². The first-order valence-corrected chi connectivity index (χ1v) is 6.77. The van der Waals surface area contributed by atoms with Crippen LogP contribution in [0.3, 0.4) is 0 Å². The van der Waals surface area contributed by atoms with Gasteiger partial charge in [-0.25, -0.2) is 0 Å². The van der Waals surface area contributed by atoms with E-state index in [0.29, 0.717) is 17.9 Å². The molecule has 1 N–H and O–H groups in total. The smallest absolute Gasteiger partial charge is 0.226 e. The molecule has 2 aliphatic carbocycles. The van der Waals surface area contributed by atoms with Gasteiger partial charge in [-0.3, -0.25) is 4.79 Å². The predicted octanol–water partition coefficient (Wildman–Crippen LogP) is 1.24. The molecule has 3 fully saturated rings. The molecule has 16 heavy (non-hydrogen) atoms. The Bertz CT molecular complexity index is 282. The standard InChI is InChI=1S/C13H22N2O/c1-14-9-4-3-7-15(8-9)13(16)12-10-5-2-6-11(10)12/h9-12,14H,2-8H2,1H3. The number of nitrogens with one attached hydrogen (secondary N) is 1. The Morgan fingerprint density at radius 2 is 1.94 bits per heavy atom. The van der Waals surface area contributed by atoms with Crippen molar-refractivity contribution in [2.75, 3.05) is 20.1 Å². The first-order chi connectivity index (χ1) is 7.81. The van der Waals surface area contributed by atoms with Crippen molar-refractivity contribution >= 4 is 5.91 Å². The summed E-state index contributed by atoms with van der Waals surface area (Å²) in [5.41, 5.74) is 0. The normalized spacial score (nSPS) is 41.9. The van der Waals surface area contributed by atoms with E-state index in [4.69, 9.17) is 0 Å². The van der Waals surface area contributed by atoms with Gasteiger partial charge in [-0.2, -0.15) is 0 Å². The quantitative estimate of drug-likeness (QED) is 0.762. The monoisotopic (exact) mass is 222 g/mol. The molecule has 0 radical (unpaired) electrons. The summed E-state index contributed by atoms with van der Waals surface area (Å²) in [5.74, 6) is 2.42. The highest BCUT2D eigenvalue weighted by Gasteiger charge is 2.57. The Morgan fingerprint density at radius 1 is 1.19 bits per heavy atom. The number of carbonyl (C=O) groups is 1. The second-order valence-electron chi connectivity index (χ2n) is 5.70. The van der Waals surface area contributed by atoms with E-state index in [2.05, 4.69) is 10.2 Å². The SMILES string of the molecule is CNC1CCCN(C(=O)C2C3CCCC32)C1. The second kappa shape index (κ2) is 4.02. The van der Waals surface area contributed by atoms with Crippen molar-refractivity contribution in [3.05, 3.63) is 0 Å². The van der Waals surface area contributed by atoms with Gasteiger partial charge in [0.05, 0.1) is 0 Å². The Labute approximate surface area is 97.6 Å². The third kappa shape index (κ3) is 1.65. The lowest BCUT2D eigenvalue weighted by atomic mass is 10.0. The molecule has 1 aliphatic heterocycles. The Balaban J connectivity index is 1.58. The molecular formula is C13H22N2O. The van der Waals surface area contributed by atoms with E-state index in [-0.39, 0.29) is 0 Å². The number of likely N-dealkylation sites (tertiary alicyclic amines) is 1. The highest BCUT2D eigenvalue weighted by molar-refractivity contribution is 5.82. The molecule has 3 nitrogen and oxygen atoms in total. The van der Waals surface area contributed by atoms with Crippen molar-refractivity contribution in [1.29, 1.82) is 0 Å². The Kier molecular flexibility index (Phi) is 2.66. The van der Waals surface area contributed by atoms with Gasteiger partial charge in [-0.15, -0.1) is 0 Å². The molecule has 90 valence electrons. The summed E-state index contributed by atoms with van der Waals surface area (Å²) in [6.45, 7) is 1.93. The molecular weight excluding hydrogens is 200 g/mol. The van der Waals surface area contributed by atoms with Crippen molar-refractivity contribution in [2.45, 2.75) is 38.1 Å². The lowest BCUT2D eigenvalue weighted by Crippen LogP contribution is -2.47. The van der Waals surface area contributed by atoms with Gasteiger partial charge in [0.1, 0.15) is 0 Å². The van der Waals surface area contributed by atoms with Crippen molar-refractivity contribution in [3.8, 4) is 0 Å². The molecule has 1 amide bonds. The summed E-state index contributed by atoms with van der Waals surface area (Å²) in [6, 6.07) is 0.524. The van der Waals surface area contributed by atoms with E-state index in [0.717, 1.165) is 24.9 Å². The van der Waals surface area contributed by atoms with Gasteiger partial charge in [-0.1, -0.05) is 6.42 Å². The number of piperidine rings is 1. The highest BCUT2D eigenvalue weighted by Crippen LogP contribution is 2.58. The largest absolute Gasteiger partial charge is 0.341 e. The van der Waals surface area contributed by atoms with Gasteiger partial charge in [0, 0.05) is 25.0 Å². The molecule has 0 spiro atoms. The summed E-state index contributed by atoms with van der Waals surface area (Å²) in [5, 5.41) is 3.30. The summed E-state index contributed by atoms with van der Waals surface area (Å²) in [6.07, 6.45) is 6.37. The summed E-state index contributed by atoms with van der Waals surface area (Å²) in [7, 11) is 2.00. The number of hydrogen-bond donors (Lipinski definition) is 1. The number of nitrogens with zero attached hydrogens (tertiary/aromatic N) is 1. The van der Waals surface area contributed by atoms with Gasteiger partial charge in [0.2, 0.25) is 5.91 Å². The molecule has 3 unspecified atom stereocenters. The van der Waals surface area contributed by atoms with Gasteiger partial charge in [-0.05, 0) is 44.6 Å². The number of rotatable bonds is 2. The lowest BCUT2D eigenvalue weighted by molar-refractivity contribution is -0.134. The number of carbonyl (C=O) groups excluding carboxylic acids is 1. The third-order valence-corrected chi connectivity index (χ3v) is 4.83. The van der Waals surface area contributed by atoms with Gasteiger partial charge in [0.15, 0.2) is 0 Å². The molecule has 0 aromatic rings. The molecule has 3 heteroatoms. The molecule has 3 atom stereocenters. The van der Waals surface area contributed by atoms with E-state index in [1.807, 2.05) is 7.05 Å². The predicted molar refractivity (Wildman–Crippen MR) is 63.0 cm³/mol. The number of amides is 1. The Morgan fingerprint density at radius 3 is 2.62 bits per heavy atom. The maximum Gasteiger partial charge on any atom is 0.226 e. The number of fused-ring (bicyclic) bond motifs is 1. The summed E-state index contributed by atoms with van der Waals surface area (Å²) < 4.78 is 0. The van der Waals surface area contributed by atoms with Crippen LogP contribution in [0.4, 0.5) is 0 Å². The number of hydrogen-bond acceptors (Lipinski definition) is 2. The van der Waals surface area contributed by atoms with E-state index < -0.39 is 0 Å². The topological polar surface area (TPSA) is 32.3 Å². The zero-order valence-corrected chi connectivity index (χ0v) is 10.1. The molecule has 1 heterocycles. The average molecular weight is 222 g/mol. The van der Waals surface area contributed by atoms with Gasteiger partial charge < -0.3 is 10.2 Å². The van der Waals surface area contributed by atoms with Gasteiger partial charge >= 0.3 is 0 Å². The lowest BCUT2D eigenvalue weighted by Gasteiger charge is -2.33. The summed E-state index contributed by atoms with van der Waals surface area (Å²) in [4.78, 5) is 14.5. The van der Waals surface area contributed by atoms with E-state index >= 15 is 0 Å². The fourth-order valence-electron chi connectivity index (χ4n) is 3.81. The van der Waals surface area contributed by atoms with Crippen molar-refractivity contribution in [2.24, 2.45) is 17.8 Å². The van der Waals surface area contributed by atoms with Crippen LogP contribution in [0.2, 0.25) is 0 Å². The second-order valence-corrected chi connectivity index (χ2v) is 5.70. The molecule has 1 saturated heterocycles. The molecule has 0 aromatic carbocycles. The minimum absolute atomic E-state index is 0.421. The zero-order valence-electron chi connectivity index (χ0n) is 10.1. The summed E-state index contributed by atoms with van der Waals surface area (Å²) >= 11 is 0. The maximum atomic E-state index is 12.3. The van der Waals surface area contributed by atoms with Crippen molar-refractivity contribution in [1.82, 2.24) is 10.2 Å². The van der Waals surface area contributed by atoms with Crippen LogP contribution in [0.15, 0.2) is 0 Å². The Hall–Kier alpha value is -0.570. The molecule has 0 bridgehead atoms. The van der Waals surface area contributed by atoms with Crippen LogP contribution in [-0.4, -0.2) is 37.0 Å². The van der Waals surface area contributed by atoms with Crippen LogP contribution in [0, 0.1) is 17.8 Å². The van der Waals surface area contributed by atoms with E-state index in [1.165, 1.54) is 32.1 Å². The fraction of sp³-hybridized carbons (Fsp3) is 0.923. The maximum absolute atomic E-state index is 12.3. The van der Waals surface area contributed by atoms with Crippen molar-refractivity contribution in [3.63, 3.8) is 0 Å². The average Bonchev–Trinajstić information content (AvgIpc) is 2.81. The molecule has 0 aromatic heterocycles. The molecule has 3 rings (SSSR count). The first-order valence-electron chi connectivity index (χ1n) is 6.77. The van der Waals surface area contributed by atoms with Gasteiger partial charge in [0.25, 0.3) is 0 Å². The van der Waals surface area contributed by atoms with Crippen molar-refractivity contribution < 1.29 is 4.79 Å².